The molecule has 2 fully saturated rings. The fourth-order valence-electron chi connectivity index (χ4n) is 2.41. The molecule has 2 aliphatic rings. The highest BCUT2D eigenvalue weighted by molar-refractivity contribution is 7.14. The highest BCUT2D eigenvalue weighted by atomic mass is 32.1. The Kier molecular flexibility index (Phi) is 3.86. The average Bonchev–Trinajstić information content (AvgIpc) is 3.32. The number of nitrogens with zero attached hydrogens (tertiary/aromatic N) is 1. The van der Waals surface area contributed by atoms with Crippen molar-refractivity contribution in [3.8, 4) is 0 Å². The van der Waals surface area contributed by atoms with Crippen LogP contribution in [0.1, 0.15) is 40.2 Å². The van der Waals surface area contributed by atoms with E-state index in [-0.39, 0.29) is 5.91 Å². The highest BCUT2D eigenvalue weighted by Gasteiger charge is 2.29. The molecular formula is C14H21N3OS. The van der Waals surface area contributed by atoms with E-state index in [1.165, 1.54) is 43.6 Å². The predicted molar refractivity (Wildman–Crippen MR) is 76.7 cm³/mol. The quantitative estimate of drug-likeness (QED) is 0.456. The molecule has 0 aromatic carbocycles. The minimum absolute atomic E-state index is 0.188. The SMILES string of the molecule is NNC(=O)c1ccc(CN(CC2CC2)CC2CC2)s1. The number of thiophene rings is 1. The zero-order valence-corrected chi connectivity index (χ0v) is 11.9. The van der Waals surface area contributed by atoms with Crippen LogP contribution in [0.4, 0.5) is 0 Å². The van der Waals surface area contributed by atoms with Gasteiger partial charge in [0.2, 0.25) is 0 Å². The standard InChI is InChI=1S/C14H21N3OS/c15-16-14(18)13-6-5-12(19-13)9-17(7-10-1-2-10)8-11-3-4-11/h5-6,10-11H,1-4,7-9,15H2,(H,16,18). The summed E-state index contributed by atoms with van der Waals surface area (Å²) in [4.78, 5) is 16.0. The van der Waals surface area contributed by atoms with E-state index in [2.05, 4.69) is 16.4 Å². The van der Waals surface area contributed by atoms with E-state index in [0.717, 1.165) is 18.4 Å². The molecule has 4 nitrogen and oxygen atoms in total. The van der Waals surface area contributed by atoms with E-state index >= 15 is 0 Å². The maximum Gasteiger partial charge on any atom is 0.275 e. The molecule has 1 aromatic rings. The molecule has 0 spiro atoms. The van der Waals surface area contributed by atoms with Gasteiger partial charge < -0.3 is 0 Å². The molecule has 2 saturated carbocycles. The van der Waals surface area contributed by atoms with E-state index in [1.807, 2.05) is 6.07 Å². The van der Waals surface area contributed by atoms with Crippen LogP contribution in [-0.4, -0.2) is 23.9 Å². The summed E-state index contributed by atoms with van der Waals surface area (Å²) < 4.78 is 0. The summed E-state index contributed by atoms with van der Waals surface area (Å²) in [5, 5.41) is 0. The molecule has 0 radical (unpaired) electrons. The second-order valence-electron chi connectivity index (χ2n) is 5.82. The van der Waals surface area contributed by atoms with Gasteiger partial charge in [0, 0.05) is 24.5 Å². The lowest BCUT2D eigenvalue weighted by Crippen LogP contribution is -2.29. The minimum atomic E-state index is -0.188. The molecule has 5 heteroatoms. The van der Waals surface area contributed by atoms with Gasteiger partial charge in [-0.05, 0) is 49.7 Å². The smallest absolute Gasteiger partial charge is 0.275 e. The van der Waals surface area contributed by atoms with Gasteiger partial charge in [0.15, 0.2) is 0 Å². The van der Waals surface area contributed by atoms with Gasteiger partial charge in [-0.15, -0.1) is 11.3 Å². The Hall–Kier alpha value is -0.910. The number of nitrogen functional groups attached to an aromatic ring is 1. The zero-order valence-electron chi connectivity index (χ0n) is 11.1. The Morgan fingerprint density at radius 2 is 1.89 bits per heavy atom. The number of carbonyl (C=O) groups excluding carboxylic acids is 1. The second kappa shape index (κ2) is 5.61. The van der Waals surface area contributed by atoms with Gasteiger partial charge in [0.25, 0.3) is 5.91 Å². The molecule has 1 aromatic heterocycles. The van der Waals surface area contributed by atoms with Gasteiger partial charge in [-0.25, -0.2) is 5.84 Å². The van der Waals surface area contributed by atoms with Gasteiger partial charge in [-0.3, -0.25) is 15.1 Å². The molecule has 0 saturated heterocycles. The van der Waals surface area contributed by atoms with Crippen molar-refractivity contribution >= 4 is 17.2 Å². The van der Waals surface area contributed by atoms with Crippen LogP contribution in [-0.2, 0) is 6.54 Å². The van der Waals surface area contributed by atoms with Gasteiger partial charge in [-0.1, -0.05) is 0 Å². The monoisotopic (exact) mass is 279 g/mol. The van der Waals surface area contributed by atoms with Crippen LogP contribution in [0.25, 0.3) is 0 Å². The van der Waals surface area contributed by atoms with Crippen molar-refractivity contribution in [2.45, 2.75) is 32.2 Å². The first kappa shape index (κ1) is 13.1. The Morgan fingerprint density at radius 3 is 2.42 bits per heavy atom. The average molecular weight is 279 g/mol. The Morgan fingerprint density at radius 1 is 1.26 bits per heavy atom. The molecule has 19 heavy (non-hydrogen) atoms. The zero-order chi connectivity index (χ0) is 13.2. The predicted octanol–water partition coefficient (Wildman–Crippen LogP) is 1.97. The van der Waals surface area contributed by atoms with Crippen LogP contribution in [0.5, 0.6) is 0 Å². The van der Waals surface area contributed by atoms with E-state index in [4.69, 9.17) is 5.84 Å². The second-order valence-corrected chi connectivity index (χ2v) is 6.99. The van der Waals surface area contributed by atoms with Crippen LogP contribution in [0.3, 0.4) is 0 Å². The van der Waals surface area contributed by atoms with Gasteiger partial charge in [0.05, 0.1) is 4.88 Å². The molecule has 1 heterocycles. The lowest BCUT2D eigenvalue weighted by atomic mass is 10.3. The number of amides is 1. The molecule has 3 N–H and O–H groups in total. The molecule has 3 rings (SSSR count). The van der Waals surface area contributed by atoms with Crippen molar-refractivity contribution in [3.63, 3.8) is 0 Å². The van der Waals surface area contributed by atoms with Gasteiger partial charge >= 0.3 is 0 Å². The van der Waals surface area contributed by atoms with Gasteiger partial charge in [0.1, 0.15) is 0 Å². The summed E-state index contributed by atoms with van der Waals surface area (Å²) in [7, 11) is 0. The van der Waals surface area contributed by atoms with Crippen molar-refractivity contribution in [2.24, 2.45) is 17.7 Å². The molecule has 0 atom stereocenters. The van der Waals surface area contributed by atoms with Crippen molar-refractivity contribution in [2.75, 3.05) is 13.1 Å². The lowest BCUT2D eigenvalue weighted by Gasteiger charge is -2.21. The lowest BCUT2D eigenvalue weighted by molar-refractivity contribution is 0.0957. The first-order valence-electron chi connectivity index (χ1n) is 7.06. The number of rotatable bonds is 7. The number of carbonyl (C=O) groups is 1. The van der Waals surface area contributed by atoms with Crippen LogP contribution in [0.2, 0.25) is 0 Å². The fourth-order valence-corrected chi connectivity index (χ4v) is 3.36. The summed E-state index contributed by atoms with van der Waals surface area (Å²) in [6.45, 7) is 3.44. The Labute approximate surface area is 117 Å². The molecule has 0 aliphatic heterocycles. The maximum atomic E-state index is 11.4. The summed E-state index contributed by atoms with van der Waals surface area (Å²) in [5.41, 5.74) is 2.19. The summed E-state index contributed by atoms with van der Waals surface area (Å²) in [5.74, 6) is 6.82. The molecule has 104 valence electrons. The van der Waals surface area contributed by atoms with Crippen LogP contribution >= 0.6 is 11.3 Å². The summed E-state index contributed by atoms with van der Waals surface area (Å²) >= 11 is 1.56. The number of nitrogens with one attached hydrogen (secondary N) is 1. The third-order valence-electron chi connectivity index (χ3n) is 3.82. The molecule has 1 amide bonds. The van der Waals surface area contributed by atoms with Crippen LogP contribution in [0, 0.1) is 11.8 Å². The summed E-state index contributed by atoms with van der Waals surface area (Å²) in [6.07, 6.45) is 5.58. The fraction of sp³-hybridized carbons (Fsp3) is 0.643. The Balaban J connectivity index is 1.59. The minimum Gasteiger partial charge on any atom is -0.298 e. The number of hydrogen-bond donors (Lipinski definition) is 2. The molecule has 2 aliphatic carbocycles. The third-order valence-corrected chi connectivity index (χ3v) is 4.89. The molecule has 0 unspecified atom stereocenters. The van der Waals surface area contributed by atoms with Crippen LogP contribution < -0.4 is 11.3 Å². The van der Waals surface area contributed by atoms with Gasteiger partial charge in [-0.2, -0.15) is 0 Å². The van der Waals surface area contributed by atoms with E-state index in [1.54, 1.807) is 11.3 Å². The normalized spacial score (nSPS) is 18.8. The van der Waals surface area contributed by atoms with E-state index < -0.39 is 0 Å². The molecule has 0 bridgehead atoms. The van der Waals surface area contributed by atoms with E-state index in [9.17, 15) is 4.79 Å². The largest absolute Gasteiger partial charge is 0.298 e. The van der Waals surface area contributed by atoms with Crippen LogP contribution in [0.15, 0.2) is 12.1 Å². The maximum absolute atomic E-state index is 11.4. The third kappa shape index (κ3) is 3.78. The Bertz CT molecular complexity index is 437. The number of hydrogen-bond acceptors (Lipinski definition) is 4. The van der Waals surface area contributed by atoms with Crippen molar-refractivity contribution in [1.29, 1.82) is 0 Å². The van der Waals surface area contributed by atoms with Crippen molar-refractivity contribution < 1.29 is 4.79 Å². The topological polar surface area (TPSA) is 58.4 Å². The summed E-state index contributed by atoms with van der Waals surface area (Å²) in [6, 6.07) is 3.93. The molecular weight excluding hydrogens is 258 g/mol. The highest BCUT2D eigenvalue weighted by Crippen LogP contribution is 2.34. The first-order valence-corrected chi connectivity index (χ1v) is 7.88. The van der Waals surface area contributed by atoms with E-state index in [0.29, 0.717) is 4.88 Å². The number of nitrogens with two attached hydrogens (primary N) is 1. The number of hydrazine groups is 1. The van der Waals surface area contributed by atoms with Crippen molar-refractivity contribution in [3.05, 3.63) is 21.9 Å². The van der Waals surface area contributed by atoms with Crippen molar-refractivity contribution in [1.82, 2.24) is 10.3 Å². The first-order chi connectivity index (χ1) is 9.24.